The fourth-order valence-electron chi connectivity index (χ4n) is 2.47. The topological polar surface area (TPSA) is 127 Å². The van der Waals surface area contributed by atoms with Crippen LogP contribution < -0.4 is 9.03 Å². The SMILES string of the molecule is CCOC(=O)CNS(=O)(=O)c1ccc(N2C(=O)C(C)(C)CS2(=O)=O)cc1. The van der Waals surface area contributed by atoms with Crippen LogP contribution in [-0.4, -0.2) is 47.6 Å². The smallest absolute Gasteiger partial charge is 0.321 e. The highest BCUT2D eigenvalue weighted by molar-refractivity contribution is 7.94. The Balaban J connectivity index is 2.23. The molecule has 1 aliphatic rings. The molecule has 144 valence electrons. The summed E-state index contributed by atoms with van der Waals surface area (Å²) in [5, 5.41) is 0. The third-order valence-electron chi connectivity index (χ3n) is 3.68. The van der Waals surface area contributed by atoms with Crippen molar-refractivity contribution in [1.29, 1.82) is 0 Å². The molecule has 0 bridgehead atoms. The maximum atomic E-state index is 12.3. The molecule has 1 aromatic carbocycles. The number of carbonyl (C=O) groups is 2. The lowest BCUT2D eigenvalue weighted by atomic mass is 9.95. The molecule has 1 aromatic rings. The Morgan fingerprint density at radius 2 is 1.85 bits per heavy atom. The zero-order valence-corrected chi connectivity index (χ0v) is 16.2. The van der Waals surface area contributed by atoms with Gasteiger partial charge in [-0.25, -0.2) is 21.1 Å². The maximum absolute atomic E-state index is 12.3. The van der Waals surface area contributed by atoms with Crippen LogP contribution in [0, 0.1) is 5.41 Å². The summed E-state index contributed by atoms with van der Waals surface area (Å²) in [5.41, 5.74) is -0.991. The van der Waals surface area contributed by atoms with Crippen molar-refractivity contribution in [3.63, 3.8) is 0 Å². The van der Waals surface area contributed by atoms with Crippen molar-refractivity contribution in [3.8, 4) is 0 Å². The number of benzene rings is 1. The predicted octanol–water partition coefficient (Wildman–Crippen LogP) is 0.231. The van der Waals surface area contributed by atoms with Crippen LogP contribution in [0.3, 0.4) is 0 Å². The number of nitrogens with zero attached hydrogens (tertiary/aromatic N) is 1. The number of rotatable bonds is 6. The molecule has 11 heteroatoms. The molecule has 0 atom stereocenters. The summed E-state index contributed by atoms with van der Waals surface area (Å²) in [6.07, 6.45) is 0. The van der Waals surface area contributed by atoms with Crippen molar-refractivity contribution in [2.45, 2.75) is 25.7 Å². The first-order valence-electron chi connectivity index (χ1n) is 7.73. The Kier molecular flexibility index (Phi) is 5.45. The predicted molar refractivity (Wildman–Crippen MR) is 93.3 cm³/mol. The lowest BCUT2D eigenvalue weighted by Gasteiger charge is -2.17. The molecule has 0 aromatic heterocycles. The van der Waals surface area contributed by atoms with Gasteiger partial charge in [0.1, 0.15) is 6.54 Å². The molecule has 26 heavy (non-hydrogen) atoms. The number of carbonyl (C=O) groups excluding carboxylic acids is 2. The molecule has 2 rings (SSSR count). The van der Waals surface area contributed by atoms with Crippen LogP contribution in [0.1, 0.15) is 20.8 Å². The van der Waals surface area contributed by atoms with Crippen molar-refractivity contribution in [2.75, 3.05) is 23.2 Å². The van der Waals surface area contributed by atoms with Gasteiger partial charge in [-0.1, -0.05) is 0 Å². The number of esters is 1. The van der Waals surface area contributed by atoms with Gasteiger partial charge in [-0.2, -0.15) is 4.72 Å². The average Bonchev–Trinajstić information content (AvgIpc) is 2.69. The minimum atomic E-state index is -3.98. The summed E-state index contributed by atoms with van der Waals surface area (Å²) in [7, 11) is -7.80. The van der Waals surface area contributed by atoms with Crippen molar-refractivity contribution in [2.24, 2.45) is 5.41 Å². The molecular formula is C15H20N2O7S2. The number of sulfonamides is 2. The first-order valence-corrected chi connectivity index (χ1v) is 10.8. The minimum absolute atomic E-state index is 0.0601. The molecule has 1 amide bonds. The number of ether oxygens (including phenoxy) is 1. The monoisotopic (exact) mass is 404 g/mol. The van der Waals surface area contributed by atoms with Gasteiger partial charge in [0.25, 0.3) is 0 Å². The van der Waals surface area contributed by atoms with Crippen LogP contribution in [-0.2, 0) is 34.4 Å². The lowest BCUT2D eigenvalue weighted by molar-refractivity contribution is -0.141. The summed E-state index contributed by atoms with van der Waals surface area (Å²) in [6.45, 7) is 4.27. The van der Waals surface area contributed by atoms with E-state index in [1.54, 1.807) is 6.92 Å². The van der Waals surface area contributed by atoms with Gasteiger partial charge >= 0.3 is 5.97 Å². The van der Waals surface area contributed by atoms with E-state index < -0.39 is 43.9 Å². The molecule has 1 heterocycles. The van der Waals surface area contributed by atoms with E-state index in [0.717, 1.165) is 12.1 Å². The van der Waals surface area contributed by atoms with Crippen LogP contribution in [0.5, 0.6) is 0 Å². The van der Waals surface area contributed by atoms with Gasteiger partial charge in [-0.05, 0) is 45.0 Å². The Morgan fingerprint density at radius 1 is 1.27 bits per heavy atom. The summed E-state index contributed by atoms with van der Waals surface area (Å²) in [6, 6.07) is 4.79. The van der Waals surface area contributed by atoms with E-state index in [1.807, 2.05) is 0 Å². The molecule has 0 saturated carbocycles. The summed E-state index contributed by atoms with van der Waals surface area (Å²) in [5.74, 6) is -1.61. The number of anilines is 1. The number of hydrogen-bond acceptors (Lipinski definition) is 7. The molecule has 1 N–H and O–H groups in total. The van der Waals surface area contributed by atoms with E-state index in [4.69, 9.17) is 0 Å². The summed E-state index contributed by atoms with van der Waals surface area (Å²) >= 11 is 0. The second-order valence-electron chi connectivity index (χ2n) is 6.33. The third-order valence-corrected chi connectivity index (χ3v) is 7.11. The van der Waals surface area contributed by atoms with E-state index >= 15 is 0 Å². The Morgan fingerprint density at radius 3 is 2.31 bits per heavy atom. The molecule has 1 saturated heterocycles. The van der Waals surface area contributed by atoms with Crippen LogP contribution in [0.25, 0.3) is 0 Å². The van der Waals surface area contributed by atoms with E-state index in [0.29, 0.717) is 4.31 Å². The molecule has 0 aliphatic carbocycles. The van der Waals surface area contributed by atoms with Gasteiger partial charge in [0.05, 0.1) is 28.4 Å². The van der Waals surface area contributed by atoms with Crippen LogP contribution in [0.4, 0.5) is 5.69 Å². The van der Waals surface area contributed by atoms with Crippen molar-refractivity contribution in [1.82, 2.24) is 4.72 Å². The first-order chi connectivity index (χ1) is 11.9. The number of amides is 1. The molecule has 0 spiro atoms. The fourth-order valence-corrected chi connectivity index (χ4v) is 5.55. The quantitative estimate of drug-likeness (QED) is 0.672. The Labute approximate surface area is 152 Å². The minimum Gasteiger partial charge on any atom is -0.465 e. The third kappa shape index (κ3) is 4.05. The Hall–Kier alpha value is -1.98. The highest BCUT2D eigenvalue weighted by Gasteiger charge is 2.49. The van der Waals surface area contributed by atoms with Gasteiger partial charge < -0.3 is 4.74 Å². The van der Waals surface area contributed by atoms with Crippen LogP contribution >= 0.6 is 0 Å². The molecule has 1 fully saturated rings. The lowest BCUT2D eigenvalue weighted by Crippen LogP contribution is -2.33. The standard InChI is InChI=1S/C15H20N2O7S2/c1-4-24-13(18)9-16-26(22,23)12-7-5-11(6-8-12)17-14(19)15(2,3)10-25(17,20)21/h5-8,16H,4,9-10H2,1-3H3. The highest BCUT2D eigenvalue weighted by Crippen LogP contribution is 2.35. The Bertz CT molecular complexity index is 919. The number of nitrogens with one attached hydrogen (secondary N) is 1. The molecule has 0 radical (unpaired) electrons. The van der Waals surface area contributed by atoms with Crippen molar-refractivity contribution in [3.05, 3.63) is 24.3 Å². The largest absolute Gasteiger partial charge is 0.465 e. The second kappa shape index (κ2) is 6.97. The number of hydrogen-bond donors (Lipinski definition) is 1. The van der Waals surface area contributed by atoms with Gasteiger partial charge in [0.15, 0.2) is 0 Å². The van der Waals surface area contributed by atoms with Crippen LogP contribution in [0.15, 0.2) is 29.2 Å². The van der Waals surface area contributed by atoms with E-state index in [-0.39, 0.29) is 22.9 Å². The second-order valence-corrected chi connectivity index (χ2v) is 9.92. The van der Waals surface area contributed by atoms with Crippen molar-refractivity contribution >= 4 is 37.6 Å². The van der Waals surface area contributed by atoms with Crippen molar-refractivity contribution < 1.29 is 31.2 Å². The molecule has 9 nitrogen and oxygen atoms in total. The van der Waals surface area contributed by atoms with Gasteiger partial charge in [0, 0.05) is 0 Å². The molecular weight excluding hydrogens is 384 g/mol. The van der Waals surface area contributed by atoms with Gasteiger partial charge in [-0.15, -0.1) is 0 Å². The zero-order chi connectivity index (χ0) is 19.8. The highest BCUT2D eigenvalue weighted by atomic mass is 32.2. The normalized spacial score (nSPS) is 18.7. The molecule has 1 aliphatic heterocycles. The summed E-state index contributed by atoms with van der Waals surface area (Å²) < 4.78 is 56.2. The molecule has 0 unspecified atom stereocenters. The van der Waals surface area contributed by atoms with E-state index in [2.05, 4.69) is 9.46 Å². The maximum Gasteiger partial charge on any atom is 0.321 e. The fraction of sp³-hybridized carbons (Fsp3) is 0.467. The van der Waals surface area contributed by atoms with Gasteiger partial charge in [-0.3, -0.25) is 9.59 Å². The van der Waals surface area contributed by atoms with Gasteiger partial charge in [0.2, 0.25) is 26.0 Å². The van der Waals surface area contributed by atoms with E-state index in [9.17, 15) is 26.4 Å². The van der Waals surface area contributed by atoms with Crippen LogP contribution in [0.2, 0.25) is 0 Å². The first kappa shape index (κ1) is 20.3. The summed E-state index contributed by atoms with van der Waals surface area (Å²) in [4.78, 5) is 23.4. The average molecular weight is 404 g/mol. The zero-order valence-electron chi connectivity index (χ0n) is 14.6. The van der Waals surface area contributed by atoms with E-state index in [1.165, 1.54) is 26.0 Å².